The van der Waals surface area contributed by atoms with Crippen LogP contribution in [0.5, 0.6) is 0 Å². The molecule has 1 rings (SSSR count). The van der Waals surface area contributed by atoms with E-state index in [1.54, 1.807) is 7.05 Å². The van der Waals surface area contributed by atoms with E-state index < -0.39 is 0 Å². The molecule has 0 aliphatic carbocycles. The molecule has 0 aromatic heterocycles. The Hall–Kier alpha value is -1.10. The molecule has 0 saturated carbocycles. The van der Waals surface area contributed by atoms with Crippen molar-refractivity contribution in [2.24, 2.45) is 5.41 Å². The van der Waals surface area contributed by atoms with Gasteiger partial charge in [-0.3, -0.25) is 9.59 Å². The molecule has 1 aliphatic heterocycles. The third kappa shape index (κ3) is 3.19. The lowest BCUT2D eigenvalue weighted by molar-refractivity contribution is -0.151. The smallest absolute Gasteiger partial charge is 0.325 e. The fraction of sp³-hybridized carbons (Fsp3) is 0.833. The van der Waals surface area contributed by atoms with Gasteiger partial charge < -0.3 is 15.0 Å². The van der Waals surface area contributed by atoms with Crippen molar-refractivity contribution in [1.82, 2.24) is 10.2 Å². The number of esters is 1. The zero-order valence-electron chi connectivity index (χ0n) is 10.9. The number of amides is 1. The summed E-state index contributed by atoms with van der Waals surface area (Å²) >= 11 is 0. The van der Waals surface area contributed by atoms with Crippen molar-refractivity contribution in [3.8, 4) is 0 Å². The Bertz CT molecular complexity index is 285. The summed E-state index contributed by atoms with van der Waals surface area (Å²) in [5.41, 5.74) is -0.298. The fourth-order valence-corrected chi connectivity index (χ4v) is 2.36. The minimum atomic E-state index is -0.374. The molecule has 98 valence electrons. The standard InChI is InChI=1S/C12H22N2O3/c1-4-12(5-7-13-8-6-12)11(16)14(2)9-10(15)17-3/h13H,4-9H2,1-3H3. The van der Waals surface area contributed by atoms with Crippen LogP contribution in [0.2, 0.25) is 0 Å². The summed E-state index contributed by atoms with van der Waals surface area (Å²) in [6.45, 7) is 3.80. The number of ether oxygens (including phenoxy) is 1. The second kappa shape index (κ2) is 6.00. The fourth-order valence-electron chi connectivity index (χ4n) is 2.36. The first-order chi connectivity index (χ1) is 8.05. The average molecular weight is 242 g/mol. The first kappa shape index (κ1) is 14.0. The molecule has 1 heterocycles. The zero-order chi connectivity index (χ0) is 12.9. The third-order valence-electron chi connectivity index (χ3n) is 3.63. The lowest BCUT2D eigenvalue weighted by Crippen LogP contribution is -2.49. The van der Waals surface area contributed by atoms with Gasteiger partial charge in [-0.25, -0.2) is 0 Å². The molecule has 0 bridgehead atoms. The largest absolute Gasteiger partial charge is 0.468 e. The minimum absolute atomic E-state index is 0.0323. The first-order valence-corrected chi connectivity index (χ1v) is 6.09. The topological polar surface area (TPSA) is 58.6 Å². The number of nitrogens with one attached hydrogen (secondary N) is 1. The van der Waals surface area contributed by atoms with Gasteiger partial charge in [-0.05, 0) is 32.4 Å². The molecule has 0 spiro atoms. The molecule has 0 unspecified atom stereocenters. The highest BCUT2D eigenvalue weighted by Gasteiger charge is 2.39. The van der Waals surface area contributed by atoms with Crippen LogP contribution in [-0.4, -0.2) is 50.6 Å². The van der Waals surface area contributed by atoms with Gasteiger partial charge in [-0.2, -0.15) is 0 Å². The second-order valence-corrected chi connectivity index (χ2v) is 4.62. The van der Waals surface area contributed by atoms with Crippen LogP contribution in [0, 0.1) is 5.41 Å². The molecule has 1 amide bonds. The molecule has 0 atom stereocenters. The molecule has 1 N–H and O–H groups in total. The van der Waals surface area contributed by atoms with Crippen molar-refractivity contribution >= 4 is 11.9 Å². The molecule has 5 heteroatoms. The number of hydrogen-bond donors (Lipinski definition) is 1. The van der Waals surface area contributed by atoms with Crippen molar-refractivity contribution in [2.75, 3.05) is 33.8 Å². The molecule has 0 radical (unpaired) electrons. The maximum Gasteiger partial charge on any atom is 0.325 e. The zero-order valence-corrected chi connectivity index (χ0v) is 10.9. The molecular formula is C12H22N2O3. The van der Waals surface area contributed by atoms with Crippen LogP contribution in [0.3, 0.4) is 0 Å². The summed E-state index contributed by atoms with van der Waals surface area (Å²) in [5.74, 6) is -0.312. The van der Waals surface area contributed by atoms with Gasteiger partial charge in [0.2, 0.25) is 5.91 Å². The predicted octanol–water partition coefficient (Wildman–Crippen LogP) is 0.398. The van der Waals surface area contributed by atoms with Crippen LogP contribution >= 0.6 is 0 Å². The SMILES string of the molecule is CCC1(C(=O)N(C)CC(=O)OC)CCNCC1. The van der Waals surface area contributed by atoms with E-state index in [2.05, 4.69) is 10.1 Å². The number of carbonyl (C=O) groups is 2. The van der Waals surface area contributed by atoms with E-state index in [-0.39, 0.29) is 23.8 Å². The Morgan fingerprint density at radius 1 is 1.35 bits per heavy atom. The predicted molar refractivity (Wildman–Crippen MR) is 64.5 cm³/mol. The maximum atomic E-state index is 12.4. The summed E-state index contributed by atoms with van der Waals surface area (Å²) in [6.07, 6.45) is 2.50. The van der Waals surface area contributed by atoms with Gasteiger partial charge in [0, 0.05) is 7.05 Å². The van der Waals surface area contributed by atoms with Gasteiger partial charge in [-0.1, -0.05) is 6.92 Å². The van der Waals surface area contributed by atoms with E-state index in [1.165, 1.54) is 12.0 Å². The van der Waals surface area contributed by atoms with E-state index in [4.69, 9.17) is 0 Å². The van der Waals surface area contributed by atoms with Gasteiger partial charge >= 0.3 is 5.97 Å². The van der Waals surface area contributed by atoms with E-state index in [0.29, 0.717) is 0 Å². The Labute approximate surface area is 102 Å². The molecule has 17 heavy (non-hydrogen) atoms. The summed E-state index contributed by atoms with van der Waals surface area (Å²) in [7, 11) is 3.00. The number of rotatable bonds is 4. The molecule has 1 saturated heterocycles. The first-order valence-electron chi connectivity index (χ1n) is 6.09. The Kier molecular flexibility index (Phi) is 4.93. The number of piperidine rings is 1. The highest BCUT2D eigenvalue weighted by molar-refractivity contribution is 5.86. The minimum Gasteiger partial charge on any atom is -0.468 e. The number of methoxy groups -OCH3 is 1. The number of nitrogens with zero attached hydrogens (tertiary/aromatic N) is 1. The monoisotopic (exact) mass is 242 g/mol. The molecule has 1 fully saturated rings. The Morgan fingerprint density at radius 2 is 1.94 bits per heavy atom. The highest BCUT2D eigenvalue weighted by atomic mass is 16.5. The van der Waals surface area contributed by atoms with Gasteiger partial charge in [0.05, 0.1) is 12.5 Å². The number of hydrogen-bond acceptors (Lipinski definition) is 4. The van der Waals surface area contributed by atoms with Crippen molar-refractivity contribution in [1.29, 1.82) is 0 Å². The molecule has 0 aromatic carbocycles. The van der Waals surface area contributed by atoms with Crippen LogP contribution in [0.4, 0.5) is 0 Å². The van der Waals surface area contributed by atoms with E-state index in [0.717, 1.165) is 32.4 Å². The van der Waals surface area contributed by atoms with Crippen molar-refractivity contribution in [3.63, 3.8) is 0 Å². The molecule has 1 aliphatic rings. The van der Waals surface area contributed by atoms with Crippen molar-refractivity contribution < 1.29 is 14.3 Å². The molecular weight excluding hydrogens is 220 g/mol. The number of likely N-dealkylation sites (N-methyl/N-ethyl adjacent to an activating group) is 1. The van der Waals surface area contributed by atoms with Crippen LogP contribution in [-0.2, 0) is 14.3 Å². The average Bonchev–Trinajstić information content (AvgIpc) is 2.38. The Morgan fingerprint density at radius 3 is 2.41 bits per heavy atom. The lowest BCUT2D eigenvalue weighted by Gasteiger charge is -2.38. The summed E-state index contributed by atoms with van der Waals surface area (Å²) in [6, 6.07) is 0. The van der Waals surface area contributed by atoms with Crippen LogP contribution in [0.25, 0.3) is 0 Å². The maximum absolute atomic E-state index is 12.4. The van der Waals surface area contributed by atoms with Gasteiger partial charge in [0.15, 0.2) is 0 Å². The number of carbonyl (C=O) groups excluding carboxylic acids is 2. The normalized spacial score (nSPS) is 18.5. The highest BCUT2D eigenvalue weighted by Crippen LogP contribution is 2.34. The summed E-state index contributed by atoms with van der Waals surface area (Å²) in [5, 5.41) is 3.26. The summed E-state index contributed by atoms with van der Waals surface area (Å²) in [4.78, 5) is 25.1. The van der Waals surface area contributed by atoms with Crippen molar-refractivity contribution in [2.45, 2.75) is 26.2 Å². The molecule has 0 aromatic rings. The van der Waals surface area contributed by atoms with Crippen LogP contribution < -0.4 is 5.32 Å². The van der Waals surface area contributed by atoms with Gasteiger partial charge in [0.1, 0.15) is 6.54 Å². The quantitative estimate of drug-likeness (QED) is 0.725. The van der Waals surface area contributed by atoms with E-state index in [1.807, 2.05) is 6.92 Å². The third-order valence-corrected chi connectivity index (χ3v) is 3.63. The van der Waals surface area contributed by atoms with Gasteiger partial charge in [-0.15, -0.1) is 0 Å². The van der Waals surface area contributed by atoms with E-state index >= 15 is 0 Å². The summed E-state index contributed by atoms with van der Waals surface area (Å²) < 4.78 is 4.58. The Balaban J connectivity index is 2.67. The van der Waals surface area contributed by atoms with Crippen molar-refractivity contribution in [3.05, 3.63) is 0 Å². The molecule has 5 nitrogen and oxygen atoms in total. The lowest BCUT2D eigenvalue weighted by atomic mass is 9.75. The van der Waals surface area contributed by atoms with E-state index in [9.17, 15) is 9.59 Å². The van der Waals surface area contributed by atoms with Crippen LogP contribution in [0.1, 0.15) is 26.2 Å². The van der Waals surface area contributed by atoms with Crippen LogP contribution in [0.15, 0.2) is 0 Å². The van der Waals surface area contributed by atoms with Gasteiger partial charge in [0.25, 0.3) is 0 Å². The second-order valence-electron chi connectivity index (χ2n) is 4.62.